The fourth-order valence-electron chi connectivity index (χ4n) is 6.95. The van der Waals surface area contributed by atoms with Crippen LogP contribution in [0, 0.1) is 17.8 Å². The molecule has 0 spiro atoms. The Hall–Kier alpha value is -2.24. The van der Waals surface area contributed by atoms with Crippen LogP contribution in [0.25, 0.3) is 17.2 Å². The van der Waals surface area contributed by atoms with E-state index in [1.165, 1.54) is 19.3 Å². The largest absolute Gasteiger partial charge is 0.506 e. The lowest BCUT2D eigenvalue weighted by molar-refractivity contribution is -0.115. The first-order valence-corrected chi connectivity index (χ1v) is 12.5. The molecule has 4 aliphatic carbocycles. The number of rotatable bonds is 3. The lowest BCUT2D eigenvalue weighted by atomic mass is 9.48. The van der Waals surface area contributed by atoms with E-state index in [9.17, 15) is 14.7 Å². The molecule has 2 aromatic rings. The number of carbonyl (C=O) groups excluding carboxylic acids is 2. The van der Waals surface area contributed by atoms with Crippen LogP contribution in [0.15, 0.2) is 41.3 Å². The number of hydrogen-bond donors (Lipinski definition) is 2. The minimum Gasteiger partial charge on any atom is -0.506 e. The molecule has 7 rings (SSSR count). The number of phenols is 1. The van der Waals surface area contributed by atoms with Crippen molar-refractivity contribution in [3.63, 3.8) is 0 Å². The normalized spacial score (nSPS) is 32.0. The smallest absolute Gasteiger partial charge is 0.290 e. The van der Waals surface area contributed by atoms with Crippen molar-refractivity contribution in [2.45, 2.75) is 43.9 Å². The molecule has 2 aromatic carbocycles. The van der Waals surface area contributed by atoms with E-state index in [4.69, 9.17) is 11.6 Å². The van der Waals surface area contributed by atoms with Gasteiger partial charge in [-0.3, -0.25) is 14.9 Å². The van der Waals surface area contributed by atoms with E-state index >= 15 is 0 Å². The first kappa shape index (κ1) is 20.4. The zero-order valence-electron chi connectivity index (χ0n) is 17.6. The van der Waals surface area contributed by atoms with E-state index < -0.39 is 0 Å². The van der Waals surface area contributed by atoms with Crippen LogP contribution in [0.3, 0.4) is 0 Å². The van der Waals surface area contributed by atoms with E-state index in [2.05, 4.69) is 11.4 Å². The summed E-state index contributed by atoms with van der Waals surface area (Å²) in [5.74, 6) is 2.26. The van der Waals surface area contributed by atoms with Crippen molar-refractivity contribution in [2.75, 3.05) is 0 Å². The Morgan fingerprint density at radius 3 is 2.16 bits per heavy atom. The molecule has 6 heteroatoms. The maximum Gasteiger partial charge on any atom is 0.290 e. The molecule has 32 heavy (non-hydrogen) atoms. The number of nitrogens with one attached hydrogen (secondary N) is 1. The van der Waals surface area contributed by atoms with Gasteiger partial charge in [-0.25, -0.2) is 0 Å². The summed E-state index contributed by atoms with van der Waals surface area (Å²) in [4.78, 5) is 23.6. The van der Waals surface area contributed by atoms with Gasteiger partial charge in [-0.2, -0.15) is 0 Å². The number of thioether (sulfide) groups is 1. The van der Waals surface area contributed by atoms with Gasteiger partial charge in [0.15, 0.2) is 0 Å². The fourth-order valence-corrected chi connectivity index (χ4v) is 7.86. The Bertz CT molecular complexity index is 1140. The van der Waals surface area contributed by atoms with Gasteiger partial charge in [-0.15, -0.1) is 0 Å². The van der Waals surface area contributed by atoms with Gasteiger partial charge in [0.2, 0.25) is 0 Å². The molecule has 0 radical (unpaired) electrons. The quantitative estimate of drug-likeness (QED) is 0.507. The zero-order valence-corrected chi connectivity index (χ0v) is 19.1. The van der Waals surface area contributed by atoms with Crippen LogP contribution in [0.4, 0.5) is 4.79 Å². The van der Waals surface area contributed by atoms with Crippen LogP contribution < -0.4 is 5.32 Å². The van der Waals surface area contributed by atoms with Crippen molar-refractivity contribution < 1.29 is 14.7 Å². The van der Waals surface area contributed by atoms with Gasteiger partial charge in [0, 0.05) is 5.56 Å². The Labute approximate surface area is 196 Å². The minimum absolute atomic E-state index is 0.0580. The third kappa shape index (κ3) is 3.37. The van der Waals surface area contributed by atoms with Crippen LogP contribution in [-0.4, -0.2) is 16.3 Å². The molecule has 0 atom stereocenters. The van der Waals surface area contributed by atoms with Crippen molar-refractivity contribution >= 4 is 40.6 Å². The highest BCUT2D eigenvalue weighted by atomic mass is 35.5. The van der Waals surface area contributed by atoms with Crippen molar-refractivity contribution in [1.82, 2.24) is 5.32 Å². The predicted molar refractivity (Wildman–Crippen MR) is 128 cm³/mol. The SMILES string of the molecule is O=C1NC(=O)C(=Cc2ccc(-c3cc(Cl)c(O)c(C45CC6CC(CC(C6)C4)C5)c3)cc2)S1. The molecule has 4 bridgehead atoms. The van der Waals surface area contributed by atoms with Crippen molar-refractivity contribution in [3.05, 3.63) is 57.5 Å². The maximum atomic E-state index is 11.8. The summed E-state index contributed by atoms with van der Waals surface area (Å²) in [5.41, 5.74) is 3.96. The van der Waals surface area contributed by atoms with Gasteiger partial charge in [-0.1, -0.05) is 35.9 Å². The van der Waals surface area contributed by atoms with Crippen molar-refractivity contribution in [1.29, 1.82) is 0 Å². The number of aromatic hydroxyl groups is 1. The van der Waals surface area contributed by atoms with Gasteiger partial charge >= 0.3 is 0 Å². The van der Waals surface area contributed by atoms with Gasteiger partial charge < -0.3 is 5.11 Å². The average Bonchev–Trinajstić information content (AvgIpc) is 3.06. The molecule has 1 heterocycles. The lowest BCUT2D eigenvalue weighted by Crippen LogP contribution is -2.48. The first-order chi connectivity index (χ1) is 15.4. The summed E-state index contributed by atoms with van der Waals surface area (Å²) in [6.45, 7) is 0. The summed E-state index contributed by atoms with van der Waals surface area (Å²) >= 11 is 7.46. The molecule has 2 N–H and O–H groups in total. The van der Waals surface area contributed by atoms with Crippen LogP contribution in [0.5, 0.6) is 5.75 Å². The predicted octanol–water partition coefficient (Wildman–Crippen LogP) is 6.50. The maximum absolute atomic E-state index is 11.8. The van der Waals surface area contributed by atoms with E-state index in [1.807, 2.05) is 30.3 Å². The highest BCUT2D eigenvalue weighted by molar-refractivity contribution is 8.18. The van der Waals surface area contributed by atoms with E-state index in [0.29, 0.717) is 9.93 Å². The standard InChI is InChI=1S/C26H24ClNO3S/c27-21-10-19(18-3-1-14(2-4-18)8-22-24(30)28-25(31)32-22)9-20(23(21)29)26-11-15-5-16(12-26)7-17(6-15)13-26/h1-4,8-10,15-17,29H,5-7,11-13H2,(H,28,30,31). The first-order valence-electron chi connectivity index (χ1n) is 11.3. The second-order valence-electron chi connectivity index (χ2n) is 10.0. The highest BCUT2D eigenvalue weighted by Gasteiger charge is 2.52. The fraction of sp³-hybridized carbons (Fsp3) is 0.385. The van der Waals surface area contributed by atoms with E-state index in [-0.39, 0.29) is 22.3 Å². The lowest BCUT2D eigenvalue weighted by Gasteiger charge is -2.57. The van der Waals surface area contributed by atoms with Gasteiger partial charge in [0.25, 0.3) is 11.1 Å². The molecule has 0 aromatic heterocycles. The Balaban J connectivity index is 1.34. The molecule has 4 nitrogen and oxygen atoms in total. The summed E-state index contributed by atoms with van der Waals surface area (Å²) in [5, 5.41) is 13.3. The van der Waals surface area contributed by atoms with E-state index in [1.54, 1.807) is 6.08 Å². The Morgan fingerprint density at radius 2 is 1.59 bits per heavy atom. The zero-order chi connectivity index (χ0) is 22.0. The minimum atomic E-state index is -0.352. The molecule has 1 saturated heterocycles. The second-order valence-corrected chi connectivity index (χ2v) is 11.4. The number of halogens is 1. The molecule has 5 aliphatic rings. The van der Waals surface area contributed by atoms with Crippen LogP contribution in [0.1, 0.15) is 49.7 Å². The third-order valence-corrected chi connectivity index (χ3v) is 8.96. The number of hydrogen-bond acceptors (Lipinski definition) is 4. The molecule has 164 valence electrons. The Kier molecular flexibility index (Phi) is 4.71. The summed E-state index contributed by atoms with van der Waals surface area (Å²) in [6, 6.07) is 11.9. The molecule has 4 saturated carbocycles. The van der Waals surface area contributed by atoms with Crippen LogP contribution in [0.2, 0.25) is 5.02 Å². The molecule has 0 unspecified atom stereocenters. The third-order valence-electron chi connectivity index (χ3n) is 7.86. The number of carbonyl (C=O) groups is 2. The number of phenolic OH excluding ortho intramolecular Hbond substituents is 1. The average molecular weight is 466 g/mol. The summed E-state index contributed by atoms with van der Waals surface area (Å²) in [7, 11) is 0. The Morgan fingerprint density at radius 1 is 0.969 bits per heavy atom. The van der Waals surface area contributed by atoms with Gasteiger partial charge in [0.05, 0.1) is 9.93 Å². The number of imide groups is 1. The number of amides is 2. The molecular weight excluding hydrogens is 442 g/mol. The van der Waals surface area contributed by atoms with E-state index in [0.717, 1.165) is 71.0 Å². The van der Waals surface area contributed by atoms with Crippen LogP contribution >= 0.6 is 23.4 Å². The van der Waals surface area contributed by atoms with Crippen LogP contribution in [-0.2, 0) is 10.2 Å². The summed E-state index contributed by atoms with van der Waals surface area (Å²) in [6.07, 6.45) is 9.27. The molecule has 2 amide bonds. The highest BCUT2D eigenvalue weighted by Crippen LogP contribution is 2.62. The van der Waals surface area contributed by atoms with Crippen molar-refractivity contribution in [2.24, 2.45) is 17.8 Å². The monoisotopic (exact) mass is 465 g/mol. The molecule has 1 aliphatic heterocycles. The summed E-state index contributed by atoms with van der Waals surface area (Å²) < 4.78 is 0. The van der Waals surface area contributed by atoms with Gasteiger partial charge in [0.1, 0.15) is 5.75 Å². The topological polar surface area (TPSA) is 66.4 Å². The van der Waals surface area contributed by atoms with Gasteiger partial charge in [-0.05, 0) is 108 Å². The number of benzene rings is 2. The van der Waals surface area contributed by atoms with Crippen molar-refractivity contribution in [3.8, 4) is 16.9 Å². The molecule has 5 fully saturated rings. The second kappa shape index (κ2) is 7.39. The molecular formula is C26H24ClNO3S.